The molecule has 0 aromatic carbocycles. The molecule has 1 aromatic rings. The smallest absolute Gasteiger partial charge is 0.224 e. The first-order valence-corrected chi connectivity index (χ1v) is 6.23. The number of hydrogen-bond acceptors (Lipinski definition) is 5. The van der Waals surface area contributed by atoms with E-state index in [-0.39, 0.29) is 6.10 Å². The van der Waals surface area contributed by atoms with Crippen LogP contribution in [0.3, 0.4) is 0 Å². The number of morpholine rings is 1. The Labute approximate surface area is 102 Å². The summed E-state index contributed by atoms with van der Waals surface area (Å²) in [6.07, 6.45) is 3.15. The first-order valence-electron chi connectivity index (χ1n) is 6.23. The van der Waals surface area contributed by atoms with Crippen molar-refractivity contribution in [3.05, 3.63) is 12.3 Å². The third kappa shape index (κ3) is 3.30. The molecular weight excluding hydrogens is 216 g/mol. The molecule has 1 atom stereocenters. The average molecular weight is 236 g/mol. The van der Waals surface area contributed by atoms with Crippen LogP contribution in [-0.4, -0.2) is 42.3 Å². The van der Waals surface area contributed by atoms with Crippen molar-refractivity contribution in [2.75, 3.05) is 36.5 Å². The molecule has 1 unspecified atom stereocenters. The van der Waals surface area contributed by atoms with Gasteiger partial charge < -0.3 is 15.0 Å². The fourth-order valence-electron chi connectivity index (χ4n) is 1.87. The Morgan fingerprint density at radius 2 is 2.47 bits per heavy atom. The van der Waals surface area contributed by atoms with Gasteiger partial charge in [-0.2, -0.15) is 4.98 Å². The molecule has 1 N–H and O–H groups in total. The predicted molar refractivity (Wildman–Crippen MR) is 68.4 cm³/mol. The largest absolute Gasteiger partial charge is 0.375 e. The standard InChI is InChI=1S/C12H20N4O/c1-3-5-13-12-14-6-4-11(15-12)16-7-8-17-10(2)9-16/h4,6,10H,3,5,7-9H2,1-2H3,(H,13,14,15). The van der Waals surface area contributed by atoms with Gasteiger partial charge in [0.15, 0.2) is 0 Å². The number of anilines is 2. The molecular formula is C12H20N4O. The molecule has 0 radical (unpaired) electrons. The van der Waals surface area contributed by atoms with E-state index in [4.69, 9.17) is 4.74 Å². The molecule has 2 rings (SSSR count). The molecule has 0 amide bonds. The molecule has 1 aromatic heterocycles. The molecule has 1 aliphatic rings. The third-order valence-electron chi connectivity index (χ3n) is 2.74. The maximum absolute atomic E-state index is 5.52. The predicted octanol–water partition coefficient (Wildman–Crippen LogP) is 1.52. The maximum Gasteiger partial charge on any atom is 0.224 e. The van der Waals surface area contributed by atoms with Crippen LogP contribution < -0.4 is 10.2 Å². The van der Waals surface area contributed by atoms with Crippen LogP contribution >= 0.6 is 0 Å². The van der Waals surface area contributed by atoms with Gasteiger partial charge in [0.1, 0.15) is 5.82 Å². The van der Waals surface area contributed by atoms with Crippen molar-refractivity contribution in [2.24, 2.45) is 0 Å². The van der Waals surface area contributed by atoms with Crippen LogP contribution in [0.1, 0.15) is 20.3 Å². The average Bonchev–Trinajstić information content (AvgIpc) is 2.37. The molecule has 1 aliphatic heterocycles. The Balaban J connectivity index is 2.04. The number of ether oxygens (including phenoxy) is 1. The van der Waals surface area contributed by atoms with E-state index in [0.717, 1.165) is 38.5 Å². The van der Waals surface area contributed by atoms with Crippen LogP contribution in [0.25, 0.3) is 0 Å². The maximum atomic E-state index is 5.52. The van der Waals surface area contributed by atoms with E-state index in [2.05, 4.69) is 34.0 Å². The molecule has 17 heavy (non-hydrogen) atoms. The van der Waals surface area contributed by atoms with Gasteiger partial charge in [-0.3, -0.25) is 0 Å². The molecule has 5 heteroatoms. The summed E-state index contributed by atoms with van der Waals surface area (Å²) in [6, 6.07) is 1.95. The summed E-state index contributed by atoms with van der Waals surface area (Å²) < 4.78 is 5.52. The minimum Gasteiger partial charge on any atom is -0.375 e. The van der Waals surface area contributed by atoms with Gasteiger partial charge in [0, 0.05) is 25.8 Å². The molecule has 0 aliphatic carbocycles. The molecule has 0 saturated carbocycles. The van der Waals surface area contributed by atoms with Gasteiger partial charge >= 0.3 is 0 Å². The van der Waals surface area contributed by atoms with Gasteiger partial charge in [0.25, 0.3) is 0 Å². The lowest BCUT2D eigenvalue weighted by molar-refractivity contribution is 0.0529. The van der Waals surface area contributed by atoms with Crippen LogP contribution in [0.5, 0.6) is 0 Å². The molecule has 2 heterocycles. The van der Waals surface area contributed by atoms with Gasteiger partial charge in [-0.05, 0) is 19.4 Å². The van der Waals surface area contributed by atoms with Gasteiger partial charge in [-0.25, -0.2) is 4.98 Å². The summed E-state index contributed by atoms with van der Waals surface area (Å²) in [5, 5.41) is 3.20. The summed E-state index contributed by atoms with van der Waals surface area (Å²) in [6.45, 7) is 7.68. The van der Waals surface area contributed by atoms with Crippen molar-refractivity contribution in [2.45, 2.75) is 26.4 Å². The lowest BCUT2D eigenvalue weighted by atomic mass is 10.3. The molecule has 0 spiro atoms. The summed E-state index contributed by atoms with van der Waals surface area (Å²) in [5.74, 6) is 1.69. The zero-order valence-electron chi connectivity index (χ0n) is 10.5. The minimum atomic E-state index is 0.269. The van der Waals surface area contributed by atoms with Crippen LogP contribution in [0.4, 0.5) is 11.8 Å². The summed E-state index contributed by atoms with van der Waals surface area (Å²) in [4.78, 5) is 11.0. The highest BCUT2D eigenvalue weighted by Crippen LogP contribution is 2.15. The number of hydrogen-bond donors (Lipinski definition) is 1. The molecule has 94 valence electrons. The third-order valence-corrected chi connectivity index (χ3v) is 2.74. The van der Waals surface area contributed by atoms with E-state index < -0.39 is 0 Å². The van der Waals surface area contributed by atoms with Crippen molar-refractivity contribution in [1.29, 1.82) is 0 Å². The number of nitrogens with one attached hydrogen (secondary N) is 1. The highest BCUT2D eigenvalue weighted by molar-refractivity contribution is 5.42. The number of rotatable bonds is 4. The van der Waals surface area contributed by atoms with Crippen LogP contribution in [-0.2, 0) is 4.74 Å². The lowest BCUT2D eigenvalue weighted by Gasteiger charge is -2.32. The Bertz CT molecular complexity index is 358. The Morgan fingerprint density at radius 1 is 1.59 bits per heavy atom. The Morgan fingerprint density at radius 3 is 3.24 bits per heavy atom. The fourth-order valence-corrected chi connectivity index (χ4v) is 1.87. The second-order valence-corrected chi connectivity index (χ2v) is 4.29. The first kappa shape index (κ1) is 12.1. The highest BCUT2D eigenvalue weighted by Gasteiger charge is 2.18. The molecule has 1 saturated heterocycles. The quantitative estimate of drug-likeness (QED) is 0.859. The second kappa shape index (κ2) is 5.82. The first-order chi connectivity index (χ1) is 8.29. The second-order valence-electron chi connectivity index (χ2n) is 4.29. The number of aromatic nitrogens is 2. The van der Waals surface area contributed by atoms with E-state index in [1.807, 2.05) is 6.07 Å². The topological polar surface area (TPSA) is 50.3 Å². The number of nitrogens with zero attached hydrogens (tertiary/aromatic N) is 3. The summed E-state index contributed by atoms with van der Waals surface area (Å²) in [5.41, 5.74) is 0. The Kier molecular flexibility index (Phi) is 4.14. The monoisotopic (exact) mass is 236 g/mol. The van der Waals surface area contributed by atoms with Crippen LogP contribution in [0.2, 0.25) is 0 Å². The van der Waals surface area contributed by atoms with E-state index in [0.29, 0.717) is 5.95 Å². The fraction of sp³-hybridized carbons (Fsp3) is 0.667. The minimum absolute atomic E-state index is 0.269. The SMILES string of the molecule is CCCNc1nccc(N2CCOC(C)C2)n1. The van der Waals surface area contributed by atoms with Crippen molar-refractivity contribution in [3.8, 4) is 0 Å². The summed E-state index contributed by atoms with van der Waals surface area (Å²) >= 11 is 0. The van der Waals surface area contributed by atoms with Gasteiger partial charge in [-0.15, -0.1) is 0 Å². The molecule has 1 fully saturated rings. The van der Waals surface area contributed by atoms with Crippen molar-refractivity contribution >= 4 is 11.8 Å². The van der Waals surface area contributed by atoms with Crippen molar-refractivity contribution < 1.29 is 4.74 Å². The summed E-state index contributed by atoms with van der Waals surface area (Å²) in [7, 11) is 0. The molecule has 0 bridgehead atoms. The van der Waals surface area contributed by atoms with E-state index >= 15 is 0 Å². The van der Waals surface area contributed by atoms with E-state index in [1.54, 1.807) is 6.20 Å². The van der Waals surface area contributed by atoms with Crippen molar-refractivity contribution in [3.63, 3.8) is 0 Å². The zero-order valence-corrected chi connectivity index (χ0v) is 10.5. The zero-order chi connectivity index (χ0) is 12.1. The highest BCUT2D eigenvalue weighted by atomic mass is 16.5. The molecule has 5 nitrogen and oxygen atoms in total. The Hall–Kier alpha value is -1.36. The van der Waals surface area contributed by atoms with E-state index in [9.17, 15) is 0 Å². The van der Waals surface area contributed by atoms with Crippen molar-refractivity contribution in [1.82, 2.24) is 9.97 Å². The normalized spacial score (nSPS) is 20.4. The van der Waals surface area contributed by atoms with Gasteiger partial charge in [-0.1, -0.05) is 6.92 Å². The lowest BCUT2D eigenvalue weighted by Crippen LogP contribution is -2.41. The van der Waals surface area contributed by atoms with Gasteiger partial charge in [0.05, 0.1) is 12.7 Å². The van der Waals surface area contributed by atoms with Crippen LogP contribution in [0.15, 0.2) is 12.3 Å². The van der Waals surface area contributed by atoms with E-state index in [1.165, 1.54) is 0 Å². The van der Waals surface area contributed by atoms with Crippen LogP contribution in [0, 0.1) is 0 Å². The van der Waals surface area contributed by atoms with Gasteiger partial charge in [0.2, 0.25) is 5.95 Å².